The minimum Gasteiger partial charge on any atom is -0.317 e. The summed E-state index contributed by atoms with van der Waals surface area (Å²) in [7, 11) is -0.139. The van der Waals surface area contributed by atoms with Gasteiger partial charge in [0.25, 0.3) is 0 Å². The third kappa shape index (κ3) is 11.6. The summed E-state index contributed by atoms with van der Waals surface area (Å²) in [6.07, 6.45) is 2.78. The molecule has 1 fully saturated rings. The molecule has 0 bridgehead atoms. The Bertz CT molecular complexity index is 40.5. The molecule has 1 heterocycles. The highest BCUT2D eigenvalue weighted by Gasteiger charge is 1.93. The minimum atomic E-state index is -0.139. The summed E-state index contributed by atoms with van der Waals surface area (Å²) < 4.78 is 0. The molecule has 0 aromatic rings. The number of nitrogens with one attached hydrogen (secondary N) is 1. The van der Waals surface area contributed by atoms with Gasteiger partial charge in [-0.15, -0.1) is 0 Å². The van der Waals surface area contributed by atoms with Gasteiger partial charge in [0.2, 0.25) is 0 Å². The van der Waals surface area contributed by atoms with E-state index in [9.17, 15) is 0 Å². The van der Waals surface area contributed by atoms with Crippen LogP contribution in [0, 0.1) is 0 Å². The summed E-state index contributed by atoms with van der Waals surface area (Å²) in [5.74, 6) is 0. The third-order valence-electron chi connectivity index (χ3n) is 0.957. The van der Waals surface area contributed by atoms with Gasteiger partial charge >= 0.3 is 0 Å². The number of hydrogen-bond donors (Lipinski definition) is 1. The van der Waals surface area contributed by atoms with Crippen molar-refractivity contribution >= 4 is 8.80 Å². The van der Waals surface area contributed by atoms with E-state index in [0.717, 1.165) is 0 Å². The van der Waals surface area contributed by atoms with Crippen LogP contribution in [0.15, 0.2) is 0 Å². The molecule has 1 saturated heterocycles. The van der Waals surface area contributed by atoms with E-state index in [2.05, 4.69) is 25.0 Å². The van der Waals surface area contributed by atoms with Crippen LogP contribution < -0.4 is 5.32 Å². The summed E-state index contributed by atoms with van der Waals surface area (Å²) in [5, 5.41) is 3.22. The van der Waals surface area contributed by atoms with Crippen molar-refractivity contribution in [3.8, 4) is 0 Å². The largest absolute Gasteiger partial charge is 0.317 e. The van der Waals surface area contributed by atoms with Gasteiger partial charge in [-0.3, -0.25) is 0 Å². The van der Waals surface area contributed by atoms with Crippen LogP contribution >= 0.6 is 0 Å². The van der Waals surface area contributed by atoms with Crippen molar-refractivity contribution < 1.29 is 0 Å². The van der Waals surface area contributed by atoms with Crippen LogP contribution in [0.3, 0.4) is 0 Å². The molecule has 1 nitrogen and oxygen atoms in total. The van der Waals surface area contributed by atoms with Crippen LogP contribution in [0.1, 0.15) is 12.8 Å². The molecule has 1 N–H and O–H groups in total. The first-order valence-corrected chi connectivity index (χ1v) is 7.40. The van der Waals surface area contributed by atoms with Gasteiger partial charge in [0.1, 0.15) is 0 Å². The first-order valence-electron chi connectivity index (χ1n) is 3.94. The summed E-state index contributed by atoms with van der Waals surface area (Å²) in [4.78, 5) is 0. The number of hydrogen-bond acceptors (Lipinski definition) is 1. The predicted octanol–water partition coefficient (Wildman–Crippen LogP) is 1.47. The van der Waals surface area contributed by atoms with Crippen LogP contribution in [-0.2, 0) is 0 Å². The Morgan fingerprint density at radius 3 is 1.44 bits per heavy atom. The zero-order valence-corrected chi connectivity index (χ0v) is 8.06. The predicted molar refractivity (Wildman–Crippen MR) is 46.8 cm³/mol. The molecule has 0 atom stereocenters. The molecule has 2 heteroatoms. The highest BCUT2D eigenvalue weighted by atomic mass is 28.3. The zero-order valence-electron chi connectivity index (χ0n) is 6.91. The van der Waals surface area contributed by atoms with Gasteiger partial charge in [0, 0.05) is 8.80 Å². The van der Waals surface area contributed by atoms with Crippen molar-refractivity contribution in [1.82, 2.24) is 5.32 Å². The molecule has 0 unspecified atom stereocenters. The van der Waals surface area contributed by atoms with Crippen LogP contribution in [0.4, 0.5) is 0 Å². The molecule has 56 valence electrons. The molecular formula is C7H19NSi. The maximum atomic E-state index is 3.22. The first-order chi connectivity index (χ1) is 4.23. The van der Waals surface area contributed by atoms with E-state index in [1.165, 1.54) is 25.9 Å². The Labute approximate surface area is 60.5 Å². The SMILES string of the molecule is C1CCNC1.C[SiH](C)C. The quantitative estimate of drug-likeness (QED) is 0.509. The van der Waals surface area contributed by atoms with E-state index < -0.39 is 0 Å². The highest BCUT2D eigenvalue weighted by Crippen LogP contribution is 1.90. The van der Waals surface area contributed by atoms with E-state index >= 15 is 0 Å². The molecule has 0 aliphatic carbocycles. The van der Waals surface area contributed by atoms with Crippen LogP contribution in [0.25, 0.3) is 0 Å². The maximum Gasteiger partial charge on any atom is 0.0274 e. The minimum absolute atomic E-state index is 0.139. The Hall–Kier alpha value is 0.177. The Balaban J connectivity index is 0.000000148. The molecule has 0 saturated carbocycles. The van der Waals surface area contributed by atoms with Crippen LogP contribution in [0.2, 0.25) is 19.6 Å². The molecule has 1 rings (SSSR count). The van der Waals surface area contributed by atoms with E-state index in [-0.39, 0.29) is 8.80 Å². The number of rotatable bonds is 0. The molecular weight excluding hydrogens is 126 g/mol. The molecule has 1 aliphatic heterocycles. The lowest BCUT2D eigenvalue weighted by atomic mass is 10.4. The fourth-order valence-corrected chi connectivity index (χ4v) is 0.625. The second-order valence-electron chi connectivity index (χ2n) is 3.19. The second-order valence-corrected chi connectivity index (χ2v) is 6.65. The standard InChI is InChI=1S/C4H9N.C3H10Si/c1-2-4-5-3-1;1-4(2)3/h5H,1-4H2;4H,1-3H3. The van der Waals surface area contributed by atoms with E-state index in [0.29, 0.717) is 0 Å². The monoisotopic (exact) mass is 145 g/mol. The zero-order chi connectivity index (χ0) is 7.11. The summed E-state index contributed by atoms with van der Waals surface area (Å²) in [6.45, 7) is 9.42. The molecule has 0 spiro atoms. The van der Waals surface area contributed by atoms with E-state index in [1.807, 2.05) is 0 Å². The fraction of sp³-hybridized carbons (Fsp3) is 1.00. The molecule has 1 aliphatic rings. The highest BCUT2D eigenvalue weighted by molar-refractivity contribution is 6.54. The molecule has 0 aromatic carbocycles. The topological polar surface area (TPSA) is 12.0 Å². The smallest absolute Gasteiger partial charge is 0.0274 e. The van der Waals surface area contributed by atoms with Crippen molar-refractivity contribution in [1.29, 1.82) is 0 Å². The molecule has 9 heavy (non-hydrogen) atoms. The maximum absolute atomic E-state index is 3.22. The van der Waals surface area contributed by atoms with Gasteiger partial charge in [-0.05, 0) is 25.9 Å². The summed E-state index contributed by atoms with van der Waals surface area (Å²) in [6, 6.07) is 0. The van der Waals surface area contributed by atoms with Gasteiger partial charge in [-0.2, -0.15) is 0 Å². The van der Waals surface area contributed by atoms with Crippen molar-refractivity contribution in [3.05, 3.63) is 0 Å². The van der Waals surface area contributed by atoms with Gasteiger partial charge in [0.15, 0.2) is 0 Å². The van der Waals surface area contributed by atoms with Gasteiger partial charge in [0.05, 0.1) is 0 Å². The fourth-order valence-electron chi connectivity index (χ4n) is 0.625. The Kier molecular flexibility index (Phi) is 6.42. The van der Waals surface area contributed by atoms with Crippen molar-refractivity contribution in [2.24, 2.45) is 0 Å². The van der Waals surface area contributed by atoms with Gasteiger partial charge in [-0.25, -0.2) is 0 Å². The second kappa shape index (κ2) is 6.30. The lowest BCUT2D eigenvalue weighted by Gasteiger charge is -1.76. The van der Waals surface area contributed by atoms with E-state index in [4.69, 9.17) is 0 Å². The molecule has 0 aromatic heterocycles. The molecule has 0 amide bonds. The Morgan fingerprint density at radius 1 is 1.00 bits per heavy atom. The summed E-state index contributed by atoms with van der Waals surface area (Å²) in [5.41, 5.74) is 0. The summed E-state index contributed by atoms with van der Waals surface area (Å²) >= 11 is 0. The van der Waals surface area contributed by atoms with E-state index in [1.54, 1.807) is 0 Å². The van der Waals surface area contributed by atoms with Crippen molar-refractivity contribution in [2.75, 3.05) is 13.1 Å². The van der Waals surface area contributed by atoms with Crippen LogP contribution in [-0.4, -0.2) is 21.9 Å². The average molecular weight is 145 g/mol. The first kappa shape index (κ1) is 9.18. The third-order valence-corrected chi connectivity index (χ3v) is 0.957. The Morgan fingerprint density at radius 2 is 1.33 bits per heavy atom. The van der Waals surface area contributed by atoms with Crippen molar-refractivity contribution in [3.63, 3.8) is 0 Å². The lowest BCUT2D eigenvalue weighted by Crippen LogP contribution is -2.03. The van der Waals surface area contributed by atoms with Gasteiger partial charge in [-0.1, -0.05) is 19.6 Å². The van der Waals surface area contributed by atoms with Gasteiger partial charge < -0.3 is 5.32 Å². The van der Waals surface area contributed by atoms with Crippen LogP contribution in [0.5, 0.6) is 0 Å². The van der Waals surface area contributed by atoms with Crippen molar-refractivity contribution in [2.45, 2.75) is 32.5 Å². The normalized spacial score (nSPS) is 17.3. The average Bonchev–Trinajstić information content (AvgIpc) is 2.11. The molecule has 0 radical (unpaired) electrons. The lowest BCUT2D eigenvalue weighted by molar-refractivity contribution is 0.857.